The summed E-state index contributed by atoms with van der Waals surface area (Å²) in [6, 6.07) is 3.52. The zero-order valence-electron chi connectivity index (χ0n) is 11.8. The van der Waals surface area contributed by atoms with Crippen LogP contribution in [-0.2, 0) is 9.59 Å². The van der Waals surface area contributed by atoms with E-state index in [9.17, 15) is 9.59 Å². The Balaban J connectivity index is 2.16. The van der Waals surface area contributed by atoms with Crippen LogP contribution < -0.4 is 20.1 Å². The van der Waals surface area contributed by atoms with Crippen molar-refractivity contribution in [3.05, 3.63) is 17.7 Å². The first-order valence-electron chi connectivity index (χ1n) is 6.35. The molecule has 6 nitrogen and oxygen atoms in total. The normalized spacial score (nSPS) is 17.6. The van der Waals surface area contributed by atoms with Gasteiger partial charge in [-0.2, -0.15) is 0 Å². The summed E-state index contributed by atoms with van der Waals surface area (Å²) >= 11 is 0. The van der Waals surface area contributed by atoms with Crippen LogP contribution in [0, 0.1) is 12.8 Å². The van der Waals surface area contributed by atoms with Gasteiger partial charge in [0.15, 0.2) is 11.5 Å². The molecule has 1 aliphatic rings. The SMILES string of the molecule is COc1cc(C)c(NC(=O)C2CNC(=O)C2)cc1OC. The Morgan fingerprint density at radius 1 is 1.30 bits per heavy atom. The van der Waals surface area contributed by atoms with Gasteiger partial charge < -0.3 is 20.1 Å². The van der Waals surface area contributed by atoms with Crippen LogP contribution in [0.1, 0.15) is 12.0 Å². The van der Waals surface area contributed by atoms with E-state index in [0.29, 0.717) is 23.7 Å². The average molecular weight is 278 g/mol. The van der Waals surface area contributed by atoms with Gasteiger partial charge in [-0.15, -0.1) is 0 Å². The minimum Gasteiger partial charge on any atom is -0.493 e. The number of ether oxygens (including phenoxy) is 2. The molecule has 2 rings (SSSR count). The number of hydrogen-bond acceptors (Lipinski definition) is 4. The lowest BCUT2D eigenvalue weighted by Crippen LogP contribution is -2.25. The zero-order valence-corrected chi connectivity index (χ0v) is 11.8. The van der Waals surface area contributed by atoms with Crippen molar-refractivity contribution < 1.29 is 19.1 Å². The topological polar surface area (TPSA) is 76.7 Å². The number of methoxy groups -OCH3 is 2. The highest BCUT2D eigenvalue weighted by Crippen LogP contribution is 2.33. The maximum atomic E-state index is 12.1. The van der Waals surface area contributed by atoms with Gasteiger partial charge >= 0.3 is 0 Å². The Hall–Kier alpha value is -2.24. The van der Waals surface area contributed by atoms with E-state index in [0.717, 1.165) is 5.56 Å². The minimum atomic E-state index is -0.324. The fourth-order valence-corrected chi connectivity index (χ4v) is 2.14. The molecule has 6 heteroatoms. The van der Waals surface area contributed by atoms with E-state index in [1.165, 1.54) is 0 Å². The lowest BCUT2D eigenvalue weighted by Gasteiger charge is -2.15. The van der Waals surface area contributed by atoms with Crippen LogP contribution in [0.3, 0.4) is 0 Å². The number of hydrogen-bond donors (Lipinski definition) is 2. The summed E-state index contributed by atoms with van der Waals surface area (Å²) in [6.45, 7) is 2.26. The third-order valence-electron chi connectivity index (χ3n) is 3.34. The summed E-state index contributed by atoms with van der Waals surface area (Å²) in [6.07, 6.45) is 0.234. The Kier molecular flexibility index (Phi) is 4.12. The molecule has 1 unspecified atom stereocenters. The number of benzene rings is 1. The van der Waals surface area contributed by atoms with Gasteiger partial charge in [-0.3, -0.25) is 9.59 Å². The predicted molar refractivity (Wildman–Crippen MR) is 74.0 cm³/mol. The van der Waals surface area contributed by atoms with Crippen molar-refractivity contribution in [2.75, 3.05) is 26.1 Å². The van der Waals surface area contributed by atoms with E-state index in [1.807, 2.05) is 6.92 Å². The van der Waals surface area contributed by atoms with Crippen molar-refractivity contribution in [2.24, 2.45) is 5.92 Å². The van der Waals surface area contributed by atoms with Crippen molar-refractivity contribution in [1.82, 2.24) is 5.32 Å². The highest BCUT2D eigenvalue weighted by atomic mass is 16.5. The molecule has 2 N–H and O–H groups in total. The Morgan fingerprint density at radius 2 is 1.95 bits per heavy atom. The molecule has 0 bridgehead atoms. The second-order valence-electron chi connectivity index (χ2n) is 4.72. The number of amides is 2. The molecule has 20 heavy (non-hydrogen) atoms. The second kappa shape index (κ2) is 5.81. The summed E-state index contributed by atoms with van der Waals surface area (Å²) in [4.78, 5) is 23.2. The van der Waals surface area contributed by atoms with Gasteiger partial charge in [-0.25, -0.2) is 0 Å². The fraction of sp³-hybridized carbons (Fsp3) is 0.429. The molecule has 108 valence electrons. The molecule has 1 heterocycles. The molecule has 1 aliphatic heterocycles. The fourth-order valence-electron chi connectivity index (χ4n) is 2.14. The molecular formula is C14H18N2O4. The molecule has 0 spiro atoms. The molecule has 0 aromatic heterocycles. The van der Waals surface area contributed by atoms with Crippen molar-refractivity contribution in [3.8, 4) is 11.5 Å². The number of anilines is 1. The Bertz CT molecular complexity index is 542. The largest absolute Gasteiger partial charge is 0.493 e. The van der Waals surface area contributed by atoms with Gasteiger partial charge in [0.25, 0.3) is 0 Å². The van der Waals surface area contributed by atoms with Crippen LogP contribution in [-0.4, -0.2) is 32.6 Å². The minimum absolute atomic E-state index is 0.0887. The molecule has 1 atom stereocenters. The molecular weight excluding hydrogens is 260 g/mol. The highest BCUT2D eigenvalue weighted by Gasteiger charge is 2.28. The summed E-state index contributed by atoms with van der Waals surface area (Å²) < 4.78 is 10.4. The van der Waals surface area contributed by atoms with Gasteiger partial charge in [0, 0.05) is 24.7 Å². The van der Waals surface area contributed by atoms with Gasteiger partial charge in [0.1, 0.15) is 0 Å². The van der Waals surface area contributed by atoms with Gasteiger partial charge in [0.2, 0.25) is 11.8 Å². The quantitative estimate of drug-likeness (QED) is 0.864. The summed E-state index contributed by atoms with van der Waals surface area (Å²) in [5.41, 5.74) is 1.53. The van der Waals surface area contributed by atoms with Gasteiger partial charge in [-0.05, 0) is 18.6 Å². The first-order chi connectivity index (χ1) is 9.55. The molecule has 0 radical (unpaired) electrons. The maximum Gasteiger partial charge on any atom is 0.229 e. The number of rotatable bonds is 4. The third-order valence-corrected chi connectivity index (χ3v) is 3.34. The smallest absolute Gasteiger partial charge is 0.229 e. The lowest BCUT2D eigenvalue weighted by atomic mass is 10.1. The average Bonchev–Trinajstić information content (AvgIpc) is 2.87. The predicted octanol–water partition coefficient (Wildman–Crippen LogP) is 1.09. The molecule has 1 saturated heterocycles. The lowest BCUT2D eigenvalue weighted by molar-refractivity contribution is -0.123. The molecule has 1 fully saturated rings. The number of nitrogens with one attached hydrogen (secondary N) is 2. The summed E-state index contributed by atoms with van der Waals surface area (Å²) in [7, 11) is 3.10. The summed E-state index contributed by atoms with van der Waals surface area (Å²) in [5, 5.41) is 5.48. The standard InChI is InChI=1S/C14H18N2O4/c1-8-4-11(19-2)12(20-3)6-10(8)16-14(18)9-5-13(17)15-7-9/h4,6,9H,5,7H2,1-3H3,(H,15,17)(H,16,18). The van der Waals surface area contributed by atoms with Crippen LogP contribution in [0.15, 0.2) is 12.1 Å². The van der Waals surface area contributed by atoms with Crippen molar-refractivity contribution in [2.45, 2.75) is 13.3 Å². The van der Waals surface area contributed by atoms with Crippen LogP contribution in [0.2, 0.25) is 0 Å². The number of carbonyl (C=O) groups is 2. The van der Waals surface area contributed by atoms with Crippen molar-refractivity contribution >= 4 is 17.5 Å². The monoisotopic (exact) mass is 278 g/mol. The van der Waals surface area contributed by atoms with E-state index in [-0.39, 0.29) is 24.2 Å². The van der Waals surface area contributed by atoms with Gasteiger partial charge in [0.05, 0.1) is 20.1 Å². The van der Waals surface area contributed by atoms with Crippen LogP contribution in [0.25, 0.3) is 0 Å². The zero-order chi connectivity index (χ0) is 14.7. The number of carbonyl (C=O) groups excluding carboxylic acids is 2. The molecule has 1 aromatic rings. The van der Waals surface area contributed by atoms with E-state index in [4.69, 9.17) is 9.47 Å². The highest BCUT2D eigenvalue weighted by molar-refractivity contribution is 5.97. The summed E-state index contributed by atoms with van der Waals surface area (Å²) in [5.74, 6) is 0.581. The first-order valence-corrected chi connectivity index (χ1v) is 6.35. The van der Waals surface area contributed by atoms with E-state index >= 15 is 0 Å². The third kappa shape index (κ3) is 2.84. The van der Waals surface area contributed by atoms with E-state index in [1.54, 1.807) is 26.4 Å². The Morgan fingerprint density at radius 3 is 2.50 bits per heavy atom. The van der Waals surface area contributed by atoms with E-state index < -0.39 is 0 Å². The van der Waals surface area contributed by atoms with Crippen molar-refractivity contribution in [3.63, 3.8) is 0 Å². The van der Waals surface area contributed by atoms with Crippen LogP contribution >= 0.6 is 0 Å². The first kappa shape index (κ1) is 14.2. The van der Waals surface area contributed by atoms with Crippen LogP contribution in [0.4, 0.5) is 5.69 Å². The van der Waals surface area contributed by atoms with Crippen LogP contribution in [0.5, 0.6) is 11.5 Å². The van der Waals surface area contributed by atoms with E-state index in [2.05, 4.69) is 10.6 Å². The van der Waals surface area contributed by atoms with Crippen molar-refractivity contribution in [1.29, 1.82) is 0 Å². The molecule has 1 aromatic carbocycles. The molecule has 0 aliphatic carbocycles. The molecule has 2 amide bonds. The second-order valence-corrected chi connectivity index (χ2v) is 4.72. The molecule has 0 saturated carbocycles. The Labute approximate surface area is 117 Å². The number of aryl methyl sites for hydroxylation is 1. The van der Waals surface area contributed by atoms with Gasteiger partial charge in [-0.1, -0.05) is 0 Å². The maximum absolute atomic E-state index is 12.1.